The van der Waals surface area contributed by atoms with Gasteiger partial charge in [-0.3, -0.25) is 29.4 Å². The number of halogens is 1. The van der Waals surface area contributed by atoms with Gasteiger partial charge in [-0.2, -0.15) is 0 Å². The van der Waals surface area contributed by atoms with Crippen molar-refractivity contribution in [3.8, 4) is 0 Å². The Bertz CT molecular complexity index is 948. The molecule has 0 radical (unpaired) electrons. The number of fused-ring (bicyclic) bond motifs is 1. The zero-order valence-electron chi connectivity index (χ0n) is 15.8. The van der Waals surface area contributed by atoms with E-state index in [9.17, 15) is 23.6 Å². The van der Waals surface area contributed by atoms with Crippen molar-refractivity contribution in [2.24, 2.45) is 5.41 Å². The highest BCUT2D eigenvalue weighted by Gasteiger charge is 2.46. The molecule has 3 fully saturated rings. The number of piperidine rings is 2. The first kappa shape index (κ1) is 18.2. The van der Waals surface area contributed by atoms with E-state index in [-0.39, 0.29) is 24.0 Å². The standard InChI is InChI=1S/C20H21FN4O4/c21-13-7-11-12(8-15(13)24-5-3-20(4-6-24)9-22-10-20)19(29)25(18(11)28)14-1-2-16(26)23-17(14)27/h7-8,14,22H,1-6,9-10H2,(H,23,26,27). The second-order valence-electron chi connectivity index (χ2n) is 8.39. The van der Waals surface area contributed by atoms with Crippen LogP contribution in [0.3, 0.4) is 0 Å². The zero-order chi connectivity index (χ0) is 20.3. The summed E-state index contributed by atoms with van der Waals surface area (Å²) in [6.45, 7) is 3.36. The van der Waals surface area contributed by atoms with Crippen molar-refractivity contribution in [3.05, 3.63) is 29.1 Å². The Morgan fingerprint density at radius 2 is 1.66 bits per heavy atom. The fourth-order valence-electron chi connectivity index (χ4n) is 4.78. The number of nitrogens with one attached hydrogen (secondary N) is 2. The molecule has 4 amide bonds. The summed E-state index contributed by atoms with van der Waals surface area (Å²) in [6.07, 6.45) is 2.03. The monoisotopic (exact) mass is 400 g/mol. The van der Waals surface area contributed by atoms with Crippen molar-refractivity contribution in [1.82, 2.24) is 15.5 Å². The van der Waals surface area contributed by atoms with Gasteiger partial charge in [0.05, 0.1) is 16.8 Å². The fourth-order valence-corrected chi connectivity index (χ4v) is 4.78. The number of nitrogens with zero attached hydrogens (tertiary/aromatic N) is 2. The Morgan fingerprint density at radius 1 is 1.00 bits per heavy atom. The van der Waals surface area contributed by atoms with E-state index in [0.717, 1.165) is 36.9 Å². The average Bonchev–Trinajstić information content (AvgIpc) is 2.90. The molecule has 1 unspecified atom stereocenters. The number of hydrogen-bond acceptors (Lipinski definition) is 6. The van der Waals surface area contributed by atoms with Crippen LogP contribution in [-0.4, -0.2) is 60.7 Å². The van der Waals surface area contributed by atoms with Crippen LogP contribution in [0.5, 0.6) is 0 Å². The lowest BCUT2D eigenvalue weighted by molar-refractivity contribution is -0.136. The molecule has 4 aliphatic heterocycles. The Hall–Kier alpha value is -2.81. The minimum Gasteiger partial charge on any atom is -0.369 e. The quantitative estimate of drug-likeness (QED) is 0.698. The SMILES string of the molecule is O=C1CCC(N2C(=O)c3cc(F)c(N4CCC5(CC4)CNC5)cc3C2=O)C(=O)N1. The Balaban J connectivity index is 1.42. The molecule has 1 spiro atoms. The molecule has 0 aromatic heterocycles. The molecule has 8 nitrogen and oxygen atoms in total. The molecular weight excluding hydrogens is 379 g/mol. The topological polar surface area (TPSA) is 98.8 Å². The summed E-state index contributed by atoms with van der Waals surface area (Å²) in [5.41, 5.74) is 0.703. The number of hydrogen-bond donors (Lipinski definition) is 2. The molecule has 29 heavy (non-hydrogen) atoms. The van der Waals surface area contributed by atoms with E-state index in [2.05, 4.69) is 10.6 Å². The van der Waals surface area contributed by atoms with Crippen LogP contribution in [0.1, 0.15) is 46.4 Å². The van der Waals surface area contributed by atoms with Crippen molar-refractivity contribution in [2.45, 2.75) is 31.7 Å². The van der Waals surface area contributed by atoms with Crippen LogP contribution in [0.2, 0.25) is 0 Å². The van der Waals surface area contributed by atoms with Crippen LogP contribution in [-0.2, 0) is 9.59 Å². The average molecular weight is 400 g/mol. The molecular formula is C20H21FN4O4. The van der Waals surface area contributed by atoms with Gasteiger partial charge in [0, 0.05) is 32.6 Å². The number of benzene rings is 1. The van der Waals surface area contributed by atoms with Crippen LogP contribution in [0, 0.1) is 11.2 Å². The molecule has 9 heteroatoms. The number of carbonyl (C=O) groups is 4. The fraction of sp³-hybridized carbons (Fsp3) is 0.500. The van der Waals surface area contributed by atoms with Crippen molar-refractivity contribution in [3.63, 3.8) is 0 Å². The van der Waals surface area contributed by atoms with Gasteiger partial charge in [-0.15, -0.1) is 0 Å². The van der Waals surface area contributed by atoms with Gasteiger partial charge in [-0.25, -0.2) is 4.39 Å². The molecule has 1 aromatic rings. The van der Waals surface area contributed by atoms with Crippen LogP contribution >= 0.6 is 0 Å². The number of anilines is 1. The van der Waals surface area contributed by atoms with E-state index in [4.69, 9.17) is 0 Å². The first-order chi connectivity index (χ1) is 13.9. The van der Waals surface area contributed by atoms with E-state index in [1.165, 1.54) is 6.07 Å². The normalized spacial score (nSPS) is 25.9. The van der Waals surface area contributed by atoms with Gasteiger partial charge in [0.15, 0.2) is 0 Å². The second-order valence-corrected chi connectivity index (χ2v) is 8.39. The highest BCUT2D eigenvalue weighted by molar-refractivity contribution is 6.23. The Labute approximate surface area is 166 Å². The Morgan fingerprint density at radius 3 is 2.24 bits per heavy atom. The third kappa shape index (κ3) is 2.75. The molecule has 4 heterocycles. The maximum absolute atomic E-state index is 14.9. The van der Waals surface area contributed by atoms with Crippen molar-refractivity contribution < 1.29 is 23.6 Å². The molecule has 152 valence electrons. The molecule has 0 bridgehead atoms. The molecule has 3 saturated heterocycles. The number of rotatable bonds is 2. The maximum Gasteiger partial charge on any atom is 0.262 e. The summed E-state index contributed by atoms with van der Waals surface area (Å²) < 4.78 is 14.9. The number of amides is 4. The minimum absolute atomic E-state index is 0.0300. The predicted octanol–water partition coefficient (Wildman–Crippen LogP) is 0.417. The zero-order valence-corrected chi connectivity index (χ0v) is 15.8. The van der Waals surface area contributed by atoms with Crippen molar-refractivity contribution in [1.29, 1.82) is 0 Å². The first-order valence-corrected chi connectivity index (χ1v) is 9.89. The van der Waals surface area contributed by atoms with Crippen LogP contribution < -0.4 is 15.5 Å². The van der Waals surface area contributed by atoms with Crippen molar-refractivity contribution >= 4 is 29.3 Å². The maximum atomic E-state index is 14.9. The van der Waals surface area contributed by atoms with Crippen LogP contribution in [0.4, 0.5) is 10.1 Å². The molecule has 4 aliphatic rings. The number of imide groups is 2. The van der Waals surface area contributed by atoms with Gasteiger partial charge in [0.25, 0.3) is 11.8 Å². The summed E-state index contributed by atoms with van der Waals surface area (Å²) in [7, 11) is 0. The molecule has 1 aromatic carbocycles. The third-order valence-electron chi connectivity index (χ3n) is 6.67. The first-order valence-electron chi connectivity index (χ1n) is 9.89. The van der Waals surface area contributed by atoms with Gasteiger partial charge >= 0.3 is 0 Å². The van der Waals surface area contributed by atoms with E-state index in [0.29, 0.717) is 24.2 Å². The minimum atomic E-state index is -1.05. The summed E-state index contributed by atoms with van der Waals surface area (Å²) in [5.74, 6) is -2.95. The molecule has 1 atom stereocenters. The molecule has 0 saturated carbocycles. The highest BCUT2D eigenvalue weighted by atomic mass is 19.1. The smallest absolute Gasteiger partial charge is 0.262 e. The van der Waals surface area contributed by atoms with Crippen molar-refractivity contribution in [2.75, 3.05) is 31.1 Å². The molecule has 2 N–H and O–H groups in total. The van der Waals surface area contributed by atoms with E-state index in [1.54, 1.807) is 0 Å². The predicted molar refractivity (Wildman–Crippen MR) is 99.8 cm³/mol. The van der Waals surface area contributed by atoms with Crippen LogP contribution in [0.15, 0.2) is 12.1 Å². The van der Waals surface area contributed by atoms with Crippen LogP contribution in [0.25, 0.3) is 0 Å². The van der Waals surface area contributed by atoms with Gasteiger partial charge in [0.2, 0.25) is 11.8 Å². The summed E-state index contributed by atoms with van der Waals surface area (Å²) in [6, 6.07) is 1.49. The summed E-state index contributed by atoms with van der Waals surface area (Å²) >= 11 is 0. The number of carbonyl (C=O) groups excluding carboxylic acids is 4. The summed E-state index contributed by atoms with van der Waals surface area (Å²) in [5, 5.41) is 5.45. The van der Waals surface area contributed by atoms with Gasteiger partial charge in [0.1, 0.15) is 11.9 Å². The van der Waals surface area contributed by atoms with Gasteiger partial charge in [-0.05, 0) is 36.8 Å². The molecule has 0 aliphatic carbocycles. The molecule has 5 rings (SSSR count). The van der Waals surface area contributed by atoms with Gasteiger partial charge in [-0.1, -0.05) is 0 Å². The third-order valence-corrected chi connectivity index (χ3v) is 6.67. The highest BCUT2D eigenvalue weighted by Crippen LogP contribution is 2.38. The van der Waals surface area contributed by atoms with Gasteiger partial charge < -0.3 is 10.2 Å². The lowest BCUT2D eigenvalue weighted by Gasteiger charge is -2.49. The van der Waals surface area contributed by atoms with E-state index < -0.39 is 35.5 Å². The van der Waals surface area contributed by atoms with E-state index >= 15 is 0 Å². The Kier molecular flexibility index (Phi) is 3.99. The largest absolute Gasteiger partial charge is 0.369 e. The lowest BCUT2D eigenvalue weighted by Crippen LogP contribution is -2.58. The second kappa shape index (κ2) is 6.35. The summed E-state index contributed by atoms with van der Waals surface area (Å²) in [4.78, 5) is 52.0. The lowest BCUT2D eigenvalue weighted by atomic mass is 9.73. The van der Waals surface area contributed by atoms with E-state index in [1.807, 2.05) is 4.90 Å².